The number of benzene rings is 1. The summed E-state index contributed by atoms with van der Waals surface area (Å²) in [6.45, 7) is -0.904. The zero-order valence-electron chi connectivity index (χ0n) is 9.39. The molecule has 1 aromatic heterocycles. The van der Waals surface area contributed by atoms with E-state index >= 15 is 0 Å². The topological polar surface area (TPSA) is 27.8 Å². The van der Waals surface area contributed by atoms with E-state index in [0.29, 0.717) is 0 Å². The normalized spacial score (nSPS) is 12.5. The van der Waals surface area contributed by atoms with E-state index in [2.05, 4.69) is 10.3 Å². The minimum Gasteiger partial charge on any atom is -0.361 e. The second-order valence-electron chi connectivity index (χ2n) is 4.06. The Morgan fingerprint density at radius 1 is 1.22 bits per heavy atom. The molecule has 2 nitrogen and oxygen atoms in total. The van der Waals surface area contributed by atoms with Gasteiger partial charge in [-0.05, 0) is 29.1 Å². The van der Waals surface area contributed by atoms with Gasteiger partial charge >= 0.3 is 12.3 Å². The Labute approximate surface area is 101 Å². The molecule has 0 unspecified atom stereocenters. The van der Waals surface area contributed by atoms with Crippen LogP contribution in [0, 0.1) is 0 Å². The third kappa shape index (κ3) is 2.81. The molecule has 2 N–H and O–H groups in total. The van der Waals surface area contributed by atoms with Crippen molar-refractivity contribution in [3.63, 3.8) is 0 Å². The van der Waals surface area contributed by atoms with Crippen LogP contribution in [0.15, 0.2) is 30.5 Å². The maximum Gasteiger partial charge on any atom is 0.319 e. The van der Waals surface area contributed by atoms with Crippen LogP contribution in [0.2, 0.25) is 0 Å². The van der Waals surface area contributed by atoms with Crippen LogP contribution in [0.25, 0.3) is 10.9 Å². The summed E-state index contributed by atoms with van der Waals surface area (Å²) in [4.78, 5) is 3.00. The molecule has 0 atom stereocenters. The molecule has 0 amide bonds. The van der Waals surface area contributed by atoms with Crippen LogP contribution in [-0.4, -0.2) is 23.9 Å². The lowest BCUT2D eigenvalue weighted by Crippen LogP contribution is -2.38. The van der Waals surface area contributed by atoms with E-state index in [-0.39, 0.29) is 6.54 Å². The number of aromatic nitrogens is 1. The smallest absolute Gasteiger partial charge is 0.319 e. The fraction of sp³-hybridized carbons (Fsp3) is 0.333. The summed E-state index contributed by atoms with van der Waals surface area (Å²) in [6, 6.07) is 7.25. The Kier molecular flexibility index (Phi) is 3.56. The predicted molar refractivity (Wildman–Crippen MR) is 61.0 cm³/mol. The van der Waals surface area contributed by atoms with E-state index in [9.17, 15) is 17.6 Å². The molecule has 6 heteroatoms. The van der Waals surface area contributed by atoms with Crippen molar-refractivity contribution in [2.45, 2.75) is 18.9 Å². The van der Waals surface area contributed by atoms with Crippen LogP contribution >= 0.6 is 0 Å². The zero-order valence-corrected chi connectivity index (χ0v) is 9.39. The van der Waals surface area contributed by atoms with Gasteiger partial charge in [0, 0.05) is 18.3 Å². The Hall–Kier alpha value is -1.56. The molecule has 0 bridgehead atoms. The van der Waals surface area contributed by atoms with Gasteiger partial charge in [0.2, 0.25) is 0 Å². The van der Waals surface area contributed by atoms with E-state index in [4.69, 9.17) is 0 Å². The number of aromatic amines is 1. The first kappa shape index (κ1) is 12.9. The summed E-state index contributed by atoms with van der Waals surface area (Å²) >= 11 is 0. The van der Waals surface area contributed by atoms with Gasteiger partial charge in [-0.25, -0.2) is 8.78 Å². The molecule has 0 spiro atoms. The van der Waals surface area contributed by atoms with Crippen LogP contribution in [0.5, 0.6) is 0 Å². The maximum atomic E-state index is 12.6. The number of halogens is 4. The second kappa shape index (κ2) is 4.97. The molecule has 0 aliphatic carbocycles. The monoisotopic (exact) mass is 260 g/mol. The standard InChI is InChI=1S/C12H12F4N2/c13-11(14)12(15,16)7-17-6-8-1-2-10-9(5-8)3-4-18-10/h1-5,11,17-18H,6-7H2. The molecule has 2 aromatic rings. The van der Waals surface area contributed by atoms with Crippen molar-refractivity contribution in [2.75, 3.05) is 6.54 Å². The van der Waals surface area contributed by atoms with Gasteiger partial charge in [0.15, 0.2) is 0 Å². The molecule has 18 heavy (non-hydrogen) atoms. The van der Waals surface area contributed by atoms with Gasteiger partial charge in [-0.3, -0.25) is 0 Å². The SMILES string of the molecule is FC(F)C(F)(F)CNCc1ccc2[nH]ccc2c1. The number of nitrogens with one attached hydrogen (secondary N) is 2. The summed E-state index contributed by atoms with van der Waals surface area (Å²) in [5, 5.41) is 3.29. The first-order valence-corrected chi connectivity index (χ1v) is 5.42. The lowest BCUT2D eigenvalue weighted by molar-refractivity contribution is -0.125. The summed E-state index contributed by atoms with van der Waals surface area (Å²) in [5.74, 6) is -3.99. The summed E-state index contributed by atoms with van der Waals surface area (Å²) in [6.07, 6.45) is -1.87. The molecule has 1 heterocycles. The van der Waals surface area contributed by atoms with Crippen molar-refractivity contribution in [1.29, 1.82) is 0 Å². The predicted octanol–water partition coefficient (Wildman–Crippen LogP) is 3.16. The Morgan fingerprint density at radius 3 is 2.72 bits per heavy atom. The highest BCUT2D eigenvalue weighted by atomic mass is 19.3. The highest BCUT2D eigenvalue weighted by Gasteiger charge is 2.39. The minimum absolute atomic E-state index is 0.128. The van der Waals surface area contributed by atoms with Crippen molar-refractivity contribution >= 4 is 10.9 Å². The number of rotatable bonds is 5. The van der Waals surface area contributed by atoms with Gasteiger partial charge in [-0.1, -0.05) is 6.07 Å². The summed E-state index contributed by atoms with van der Waals surface area (Å²) in [5.41, 5.74) is 1.71. The first-order chi connectivity index (χ1) is 8.49. The molecule has 0 saturated heterocycles. The third-order valence-electron chi connectivity index (χ3n) is 2.63. The molecule has 0 aliphatic rings. The molecule has 0 saturated carbocycles. The van der Waals surface area contributed by atoms with Gasteiger partial charge in [-0.15, -0.1) is 0 Å². The van der Waals surface area contributed by atoms with Crippen molar-refractivity contribution in [3.8, 4) is 0 Å². The zero-order chi connectivity index (χ0) is 13.2. The van der Waals surface area contributed by atoms with Crippen molar-refractivity contribution < 1.29 is 17.6 Å². The minimum atomic E-state index is -3.99. The highest BCUT2D eigenvalue weighted by Crippen LogP contribution is 2.21. The van der Waals surface area contributed by atoms with Gasteiger partial charge in [-0.2, -0.15) is 8.78 Å². The van der Waals surface area contributed by atoms with E-state index in [1.807, 2.05) is 18.2 Å². The van der Waals surface area contributed by atoms with Crippen LogP contribution < -0.4 is 5.32 Å². The lowest BCUT2D eigenvalue weighted by Gasteiger charge is -2.15. The number of fused-ring (bicyclic) bond motifs is 1. The molecular weight excluding hydrogens is 248 g/mol. The fourth-order valence-corrected chi connectivity index (χ4v) is 1.66. The van der Waals surface area contributed by atoms with E-state index in [1.165, 1.54) is 0 Å². The highest BCUT2D eigenvalue weighted by molar-refractivity contribution is 5.79. The maximum absolute atomic E-state index is 12.6. The fourth-order valence-electron chi connectivity index (χ4n) is 1.66. The van der Waals surface area contributed by atoms with Gasteiger partial charge in [0.05, 0.1) is 6.54 Å². The van der Waals surface area contributed by atoms with Gasteiger partial charge in [0.1, 0.15) is 0 Å². The molecule has 0 aliphatic heterocycles. The summed E-state index contributed by atoms with van der Waals surface area (Å²) < 4.78 is 49.1. The van der Waals surface area contributed by atoms with Gasteiger partial charge < -0.3 is 10.3 Å². The molecule has 98 valence electrons. The van der Waals surface area contributed by atoms with Crippen molar-refractivity contribution in [3.05, 3.63) is 36.0 Å². The second-order valence-corrected chi connectivity index (χ2v) is 4.06. The average molecular weight is 260 g/mol. The Morgan fingerprint density at radius 2 is 2.00 bits per heavy atom. The lowest BCUT2D eigenvalue weighted by atomic mass is 10.1. The van der Waals surface area contributed by atoms with Crippen molar-refractivity contribution in [1.82, 2.24) is 10.3 Å². The van der Waals surface area contributed by atoms with Crippen LogP contribution in [-0.2, 0) is 6.54 Å². The molecule has 1 aromatic carbocycles. The largest absolute Gasteiger partial charge is 0.361 e. The van der Waals surface area contributed by atoms with E-state index < -0.39 is 18.9 Å². The van der Waals surface area contributed by atoms with Gasteiger partial charge in [0.25, 0.3) is 0 Å². The first-order valence-electron chi connectivity index (χ1n) is 5.42. The molecule has 0 radical (unpaired) electrons. The Bertz CT molecular complexity index is 522. The van der Waals surface area contributed by atoms with E-state index in [0.717, 1.165) is 16.5 Å². The average Bonchev–Trinajstić information content (AvgIpc) is 2.75. The van der Waals surface area contributed by atoms with Crippen molar-refractivity contribution in [2.24, 2.45) is 0 Å². The molecule has 0 fully saturated rings. The summed E-state index contributed by atoms with van der Waals surface area (Å²) in [7, 11) is 0. The molecular formula is C12H12F4N2. The number of hydrogen-bond acceptors (Lipinski definition) is 1. The Balaban J connectivity index is 1.94. The van der Waals surface area contributed by atoms with E-state index in [1.54, 1.807) is 12.3 Å². The number of alkyl halides is 4. The van der Waals surface area contributed by atoms with Crippen LogP contribution in [0.1, 0.15) is 5.56 Å². The third-order valence-corrected chi connectivity index (χ3v) is 2.63. The van der Waals surface area contributed by atoms with Crippen LogP contribution in [0.4, 0.5) is 17.6 Å². The number of H-pyrrole nitrogens is 1. The number of hydrogen-bond donors (Lipinski definition) is 2. The molecule has 2 rings (SSSR count). The quantitative estimate of drug-likeness (QED) is 0.794. The van der Waals surface area contributed by atoms with Crippen LogP contribution in [0.3, 0.4) is 0 Å².